The summed E-state index contributed by atoms with van der Waals surface area (Å²) in [5.74, 6) is -3.65. The number of hydrazine groups is 1. The Kier molecular flexibility index (Phi) is 6.10. The second-order valence-electron chi connectivity index (χ2n) is 6.11. The minimum absolute atomic E-state index is 0.415. The van der Waals surface area contributed by atoms with Crippen LogP contribution in [-0.2, 0) is 20.8 Å². The molecule has 9 nitrogen and oxygen atoms in total. The smallest absolute Gasteiger partial charge is 0.342 e. The van der Waals surface area contributed by atoms with Crippen molar-refractivity contribution in [2.24, 2.45) is 4.99 Å². The van der Waals surface area contributed by atoms with Crippen molar-refractivity contribution in [3.63, 3.8) is 0 Å². The molecule has 1 aliphatic rings. The van der Waals surface area contributed by atoms with Crippen molar-refractivity contribution >= 4 is 51.1 Å². The number of hydrogen-bond donors (Lipinski definition) is 1. The number of anilines is 1. The number of aromatic nitrogens is 2. The maximum atomic E-state index is 13.6. The van der Waals surface area contributed by atoms with Crippen molar-refractivity contribution in [3.8, 4) is 0 Å². The van der Waals surface area contributed by atoms with E-state index in [1.165, 1.54) is 0 Å². The summed E-state index contributed by atoms with van der Waals surface area (Å²) >= 11 is 11.9. The number of methoxy groups -OCH3 is 1. The molecule has 0 saturated carbocycles. The quantitative estimate of drug-likeness (QED) is 0.448. The van der Waals surface area contributed by atoms with Gasteiger partial charge < -0.3 is 9.26 Å². The molecular weight excluding hydrogens is 531 g/mol. The molecule has 0 saturated heterocycles. The number of rotatable bonds is 5. The van der Waals surface area contributed by atoms with Crippen LogP contribution in [0.25, 0.3) is 5.70 Å². The molecule has 0 aliphatic carbocycles. The number of benzene rings is 1. The normalized spacial score (nSPS) is 19.7. The third-order valence-electron chi connectivity index (χ3n) is 4.27. The van der Waals surface area contributed by atoms with E-state index in [0.717, 1.165) is 7.11 Å². The molecule has 2 heterocycles. The predicted molar refractivity (Wildman–Crippen MR) is 103 cm³/mol. The average molecular weight is 540 g/mol. The summed E-state index contributed by atoms with van der Waals surface area (Å²) in [4.78, 5) is 5.32. The number of hydrogen-bond acceptors (Lipinski definition) is 9. The molecule has 1 aromatic carbocycles. The van der Waals surface area contributed by atoms with Crippen molar-refractivity contribution in [1.82, 2.24) is 15.6 Å². The molecule has 1 atom stereocenters. The van der Waals surface area contributed by atoms with Gasteiger partial charge in [0.1, 0.15) is 11.4 Å². The van der Waals surface area contributed by atoms with E-state index in [2.05, 4.69) is 31.8 Å². The minimum atomic E-state index is -6.25. The van der Waals surface area contributed by atoms with Gasteiger partial charge in [-0.2, -0.15) is 31.3 Å². The van der Waals surface area contributed by atoms with Gasteiger partial charge in [0, 0.05) is 7.11 Å². The van der Waals surface area contributed by atoms with Crippen molar-refractivity contribution in [3.05, 3.63) is 44.9 Å². The Morgan fingerprint density at radius 3 is 2.18 bits per heavy atom. The largest absolute Gasteiger partial charge is 0.501 e. The van der Waals surface area contributed by atoms with Crippen LogP contribution < -0.4 is 10.4 Å². The summed E-state index contributed by atoms with van der Waals surface area (Å²) < 4.78 is 114. The number of ether oxygens (including phenoxy) is 1. The van der Waals surface area contributed by atoms with Gasteiger partial charge in [-0.15, -0.1) is 0 Å². The second-order valence-corrected chi connectivity index (χ2v) is 8.80. The highest BCUT2D eigenvalue weighted by atomic mass is 35.5. The fourth-order valence-electron chi connectivity index (χ4n) is 2.90. The molecule has 180 valence electrons. The van der Waals surface area contributed by atoms with Crippen LogP contribution in [0.3, 0.4) is 0 Å². The molecule has 18 heteroatoms. The van der Waals surface area contributed by atoms with Crippen molar-refractivity contribution in [2.75, 3.05) is 12.1 Å². The van der Waals surface area contributed by atoms with Crippen LogP contribution >= 0.6 is 23.2 Å². The highest BCUT2D eigenvalue weighted by Gasteiger charge is 2.63. The number of halogens is 8. The molecule has 1 N–H and O–H groups in total. The summed E-state index contributed by atoms with van der Waals surface area (Å²) in [5.41, 5.74) is -6.50. The number of sulfone groups is 1. The van der Waals surface area contributed by atoms with E-state index in [-0.39, 0.29) is 0 Å². The van der Waals surface area contributed by atoms with Crippen LogP contribution in [0.1, 0.15) is 11.4 Å². The van der Waals surface area contributed by atoms with E-state index < -0.39 is 65.1 Å². The van der Waals surface area contributed by atoms with Crippen molar-refractivity contribution in [1.29, 1.82) is 0 Å². The first-order chi connectivity index (χ1) is 15.1. The van der Waals surface area contributed by atoms with Gasteiger partial charge in [-0.05, 0) is 18.9 Å². The zero-order chi connectivity index (χ0) is 25.0. The van der Waals surface area contributed by atoms with Crippen molar-refractivity contribution < 1.29 is 44.0 Å². The molecule has 33 heavy (non-hydrogen) atoms. The van der Waals surface area contributed by atoms with Crippen LogP contribution in [0.15, 0.2) is 32.9 Å². The molecule has 1 aromatic heterocycles. The zero-order valence-corrected chi connectivity index (χ0v) is 18.1. The van der Waals surface area contributed by atoms with E-state index in [0.29, 0.717) is 23.5 Å². The van der Waals surface area contributed by atoms with E-state index >= 15 is 0 Å². The summed E-state index contributed by atoms with van der Waals surface area (Å²) in [6, 6.07) is 0.830. The Morgan fingerprint density at radius 1 is 1.21 bits per heavy atom. The van der Waals surface area contributed by atoms with Gasteiger partial charge in [0.05, 0.1) is 15.6 Å². The van der Waals surface area contributed by atoms with Gasteiger partial charge in [0.25, 0.3) is 15.7 Å². The lowest BCUT2D eigenvalue weighted by Crippen LogP contribution is -2.53. The number of alkyl halides is 6. The summed E-state index contributed by atoms with van der Waals surface area (Å²) in [5, 5.41) is 2.26. The van der Waals surface area contributed by atoms with Gasteiger partial charge in [0.15, 0.2) is 4.91 Å². The Morgan fingerprint density at radius 2 is 1.79 bits per heavy atom. The van der Waals surface area contributed by atoms with Gasteiger partial charge in [-0.25, -0.2) is 18.4 Å². The third kappa shape index (κ3) is 3.89. The van der Waals surface area contributed by atoms with E-state index in [9.17, 15) is 34.8 Å². The first kappa shape index (κ1) is 25.1. The molecule has 2 aromatic rings. The molecule has 1 aliphatic heterocycles. The molecular formula is C15H9Cl2F6N5O4S. The number of nitrogens with one attached hydrogen (secondary N) is 1. The van der Waals surface area contributed by atoms with Gasteiger partial charge in [0.2, 0.25) is 12.2 Å². The third-order valence-corrected chi connectivity index (χ3v) is 6.47. The van der Waals surface area contributed by atoms with Crippen molar-refractivity contribution in [2.45, 2.75) is 17.5 Å². The lowest BCUT2D eigenvalue weighted by atomic mass is 10.2. The van der Waals surface area contributed by atoms with Gasteiger partial charge >= 0.3 is 11.7 Å². The van der Waals surface area contributed by atoms with E-state index in [4.69, 9.17) is 27.9 Å². The molecule has 1 unspecified atom stereocenters. The van der Waals surface area contributed by atoms with E-state index in [1.54, 1.807) is 0 Å². The maximum absolute atomic E-state index is 13.6. The Hall–Kier alpha value is -2.56. The lowest BCUT2D eigenvalue weighted by Gasteiger charge is -2.36. The fraction of sp³-hybridized carbons (Fsp3) is 0.267. The van der Waals surface area contributed by atoms with Crippen LogP contribution in [0.5, 0.6) is 0 Å². The maximum Gasteiger partial charge on any atom is 0.501 e. The Bertz CT molecular complexity index is 1210. The first-order valence-corrected chi connectivity index (χ1v) is 10.3. The van der Waals surface area contributed by atoms with Crippen LogP contribution in [-0.4, -0.2) is 43.7 Å². The summed E-state index contributed by atoms with van der Waals surface area (Å²) in [7, 11) is -5.49. The molecule has 0 amide bonds. The van der Waals surface area contributed by atoms with Crippen LogP contribution in [0, 0.1) is 0 Å². The average Bonchev–Trinajstić information content (AvgIpc) is 3.32. The molecule has 3 rings (SSSR count). The minimum Gasteiger partial charge on any atom is -0.342 e. The number of nitrogens with zero attached hydrogens (tertiary/aromatic N) is 4. The van der Waals surface area contributed by atoms with Crippen LogP contribution in [0.2, 0.25) is 10.0 Å². The van der Waals surface area contributed by atoms with Gasteiger partial charge in [-0.3, -0.25) is 5.43 Å². The standard InChI is InChI=1S/C15H9Cl2F6N5O4S/c1-24-14(31-2)11(33(29,30)15(21,22)23)9(12-25-5-32-27-12)26-28(14)10-7(16)3-6(4-8(10)17)13(18,19)20/h3-5,26H,1H2,2H3. The summed E-state index contributed by atoms with van der Waals surface area (Å²) in [6.45, 7) is 3.09. The molecule has 0 bridgehead atoms. The first-order valence-electron chi connectivity index (χ1n) is 8.10. The SMILES string of the molecule is C=NC1(OC)C(S(=O)(=O)C(F)(F)F)=C(c2ncon2)NN1c1c(Cl)cc(C(F)(F)F)cc1Cl. The lowest BCUT2D eigenvalue weighted by molar-refractivity contribution is -0.137. The highest BCUT2D eigenvalue weighted by Crippen LogP contribution is 2.50. The zero-order valence-electron chi connectivity index (χ0n) is 15.8. The topological polar surface area (TPSA) is 110 Å². The van der Waals surface area contributed by atoms with E-state index in [1.807, 2.05) is 0 Å². The van der Waals surface area contributed by atoms with Crippen LogP contribution in [0.4, 0.5) is 32.0 Å². The second kappa shape index (κ2) is 8.03. The molecule has 0 fully saturated rings. The number of aliphatic imine (C=N–C) groups is 1. The predicted octanol–water partition coefficient (Wildman–Crippen LogP) is 4.02. The Balaban J connectivity index is 2.36. The molecule has 0 radical (unpaired) electrons. The summed E-state index contributed by atoms with van der Waals surface area (Å²) in [6.07, 6.45) is -4.20. The van der Waals surface area contributed by atoms with Gasteiger partial charge in [-0.1, -0.05) is 28.4 Å². The highest BCUT2D eigenvalue weighted by molar-refractivity contribution is 7.96. The Labute approximate surface area is 190 Å². The molecule has 0 spiro atoms. The monoisotopic (exact) mass is 539 g/mol. The fourth-order valence-corrected chi connectivity index (χ4v) is 4.78.